The van der Waals surface area contributed by atoms with Gasteiger partial charge in [0.05, 0.1) is 13.5 Å². The van der Waals surface area contributed by atoms with Crippen LogP contribution in [-0.4, -0.2) is 17.7 Å². The molecule has 4 heteroatoms. The largest absolute Gasteiger partial charge is 0.497 e. The third kappa shape index (κ3) is 3.11. The SMILES string of the molecule is COc1cccc(CC(=O)Nn2cccc2)c1. The second-order valence-corrected chi connectivity index (χ2v) is 3.65. The van der Waals surface area contributed by atoms with Crippen LogP contribution in [0, 0.1) is 0 Å². The van der Waals surface area contributed by atoms with Crippen LogP contribution in [-0.2, 0) is 11.2 Å². The van der Waals surface area contributed by atoms with E-state index >= 15 is 0 Å². The number of carbonyl (C=O) groups is 1. The van der Waals surface area contributed by atoms with Crippen molar-refractivity contribution >= 4 is 5.91 Å². The molecule has 2 aromatic rings. The van der Waals surface area contributed by atoms with E-state index in [0.29, 0.717) is 6.42 Å². The lowest BCUT2D eigenvalue weighted by Gasteiger charge is -2.07. The fraction of sp³-hybridized carbons (Fsp3) is 0.154. The van der Waals surface area contributed by atoms with Crippen molar-refractivity contribution in [1.82, 2.24) is 4.68 Å². The summed E-state index contributed by atoms with van der Waals surface area (Å²) in [4.78, 5) is 11.7. The predicted molar refractivity (Wildman–Crippen MR) is 65.5 cm³/mol. The van der Waals surface area contributed by atoms with E-state index in [-0.39, 0.29) is 5.91 Å². The summed E-state index contributed by atoms with van der Waals surface area (Å²) >= 11 is 0. The van der Waals surface area contributed by atoms with Crippen molar-refractivity contribution in [3.63, 3.8) is 0 Å². The summed E-state index contributed by atoms with van der Waals surface area (Å²) in [6.07, 6.45) is 3.89. The van der Waals surface area contributed by atoms with Gasteiger partial charge in [0.15, 0.2) is 0 Å². The molecule has 17 heavy (non-hydrogen) atoms. The Hall–Kier alpha value is -2.23. The van der Waals surface area contributed by atoms with Gasteiger partial charge in [0.25, 0.3) is 0 Å². The first-order valence-corrected chi connectivity index (χ1v) is 5.33. The van der Waals surface area contributed by atoms with Crippen molar-refractivity contribution in [2.75, 3.05) is 12.5 Å². The summed E-state index contributed by atoms with van der Waals surface area (Å²) in [5.41, 5.74) is 3.67. The second kappa shape index (κ2) is 5.21. The van der Waals surface area contributed by atoms with Gasteiger partial charge in [-0.3, -0.25) is 14.9 Å². The molecule has 1 amide bonds. The maximum absolute atomic E-state index is 11.7. The average molecular weight is 230 g/mol. The van der Waals surface area contributed by atoms with Crippen molar-refractivity contribution in [2.45, 2.75) is 6.42 Å². The molecule has 2 rings (SSSR count). The molecule has 4 nitrogen and oxygen atoms in total. The van der Waals surface area contributed by atoms with Gasteiger partial charge in [-0.15, -0.1) is 0 Å². The highest BCUT2D eigenvalue weighted by Gasteiger charge is 2.04. The van der Waals surface area contributed by atoms with Crippen molar-refractivity contribution in [3.8, 4) is 5.75 Å². The lowest BCUT2D eigenvalue weighted by Crippen LogP contribution is -2.22. The molecule has 1 aromatic carbocycles. The molecule has 0 radical (unpaired) electrons. The average Bonchev–Trinajstić information content (AvgIpc) is 2.82. The highest BCUT2D eigenvalue weighted by atomic mass is 16.5. The summed E-state index contributed by atoms with van der Waals surface area (Å²) in [5.74, 6) is 0.700. The predicted octanol–water partition coefficient (Wildman–Crippen LogP) is 1.81. The van der Waals surface area contributed by atoms with E-state index in [1.165, 1.54) is 0 Å². The van der Waals surface area contributed by atoms with Gasteiger partial charge < -0.3 is 4.74 Å². The molecule has 1 N–H and O–H groups in total. The van der Waals surface area contributed by atoms with Crippen LogP contribution in [0.5, 0.6) is 5.75 Å². The number of benzene rings is 1. The first-order valence-electron chi connectivity index (χ1n) is 5.33. The standard InChI is InChI=1S/C13H14N2O2/c1-17-12-6-4-5-11(9-12)10-13(16)14-15-7-2-3-8-15/h2-9H,10H2,1H3,(H,14,16). The van der Waals surface area contributed by atoms with Gasteiger partial charge in [-0.05, 0) is 29.8 Å². The summed E-state index contributed by atoms with van der Waals surface area (Å²) < 4.78 is 6.73. The van der Waals surface area contributed by atoms with Crippen LogP contribution in [0.1, 0.15) is 5.56 Å². The van der Waals surface area contributed by atoms with Crippen LogP contribution in [0.2, 0.25) is 0 Å². The molecule has 0 saturated carbocycles. The number of aromatic nitrogens is 1. The van der Waals surface area contributed by atoms with E-state index in [9.17, 15) is 4.79 Å². The van der Waals surface area contributed by atoms with Gasteiger partial charge in [0, 0.05) is 12.4 Å². The molecule has 0 unspecified atom stereocenters. The molecule has 0 aliphatic carbocycles. The number of rotatable bonds is 4. The van der Waals surface area contributed by atoms with Gasteiger partial charge in [0.1, 0.15) is 5.75 Å². The number of nitrogens with zero attached hydrogens (tertiary/aromatic N) is 1. The van der Waals surface area contributed by atoms with Gasteiger partial charge in [0.2, 0.25) is 5.91 Å². The first kappa shape index (κ1) is 11.3. The van der Waals surface area contributed by atoms with E-state index in [2.05, 4.69) is 5.43 Å². The summed E-state index contributed by atoms with van der Waals surface area (Å²) in [6.45, 7) is 0. The number of methoxy groups -OCH3 is 1. The highest BCUT2D eigenvalue weighted by Crippen LogP contribution is 2.12. The smallest absolute Gasteiger partial charge is 0.243 e. The van der Waals surface area contributed by atoms with Crippen LogP contribution in [0.15, 0.2) is 48.8 Å². The monoisotopic (exact) mass is 230 g/mol. The normalized spacial score (nSPS) is 9.94. The Kier molecular flexibility index (Phi) is 3.45. The summed E-state index contributed by atoms with van der Waals surface area (Å²) in [5, 5.41) is 0. The summed E-state index contributed by atoms with van der Waals surface area (Å²) in [6, 6.07) is 11.2. The molecule has 0 fully saturated rings. The Morgan fingerprint density at radius 3 is 2.76 bits per heavy atom. The Morgan fingerprint density at radius 2 is 2.06 bits per heavy atom. The topological polar surface area (TPSA) is 43.3 Å². The maximum atomic E-state index is 11.7. The van der Waals surface area contributed by atoms with Gasteiger partial charge in [-0.2, -0.15) is 0 Å². The minimum Gasteiger partial charge on any atom is -0.497 e. The number of nitrogens with one attached hydrogen (secondary N) is 1. The quantitative estimate of drug-likeness (QED) is 0.870. The van der Waals surface area contributed by atoms with Crippen molar-refractivity contribution in [3.05, 3.63) is 54.4 Å². The number of carbonyl (C=O) groups excluding carboxylic acids is 1. The molecule has 0 saturated heterocycles. The third-order valence-electron chi connectivity index (χ3n) is 2.36. The molecule has 0 bridgehead atoms. The lowest BCUT2D eigenvalue weighted by molar-refractivity contribution is -0.116. The van der Waals surface area contributed by atoms with Crippen LogP contribution in [0.4, 0.5) is 0 Å². The molecule has 0 aliphatic heterocycles. The van der Waals surface area contributed by atoms with Gasteiger partial charge in [-0.1, -0.05) is 12.1 Å². The van der Waals surface area contributed by atoms with Crippen LogP contribution in [0.25, 0.3) is 0 Å². The van der Waals surface area contributed by atoms with E-state index in [1.54, 1.807) is 24.2 Å². The molecule has 1 aromatic heterocycles. The van der Waals surface area contributed by atoms with Gasteiger partial charge in [-0.25, -0.2) is 0 Å². The molecular weight excluding hydrogens is 216 g/mol. The van der Waals surface area contributed by atoms with Crippen LogP contribution < -0.4 is 10.2 Å². The Balaban J connectivity index is 1.98. The zero-order chi connectivity index (χ0) is 12.1. The van der Waals surface area contributed by atoms with Crippen molar-refractivity contribution < 1.29 is 9.53 Å². The minimum absolute atomic E-state index is 0.0607. The maximum Gasteiger partial charge on any atom is 0.243 e. The third-order valence-corrected chi connectivity index (χ3v) is 2.36. The van der Waals surface area contributed by atoms with Crippen LogP contribution in [0.3, 0.4) is 0 Å². The summed E-state index contributed by atoms with van der Waals surface area (Å²) in [7, 11) is 1.61. The second-order valence-electron chi connectivity index (χ2n) is 3.65. The molecule has 0 aliphatic rings. The molecule has 1 heterocycles. The van der Waals surface area contributed by atoms with E-state index in [1.807, 2.05) is 36.4 Å². The number of ether oxygens (including phenoxy) is 1. The molecule has 0 spiro atoms. The van der Waals surface area contributed by atoms with E-state index in [0.717, 1.165) is 11.3 Å². The fourth-order valence-electron chi connectivity index (χ4n) is 1.56. The molecule has 88 valence electrons. The van der Waals surface area contributed by atoms with Crippen molar-refractivity contribution in [2.24, 2.45) is 0 Å². The molecular formula is C13H14N2O2. The number of amides is 1. The Bertz CT molecular complexity index is 492. The number of hydrogen-bond acceptors (Lipinski definition) is 2. The Labute approximate surface area is 99.8 Å². The zero-order valence-corrected chi connectivity index (χ0v) is 9.59. The Morgan fingerprint density at radius 1 is 1.29 bits per heavy atom. The number of hydrogen-bond donors (Lipinski definition) is 1. The van der Waals surface area contributed by atoms with Crippen LogP contribution >= 0.6 is 0 Å². The lowest BCUT2D eigenvalue weighted by atomic mass is 10.1. The van der Waals surface area contributed by atoms with E-state index in [4.69, 9.17) is 4.74 Å². The van der Waals surface area contributed by atoms with Crippen molar-refractivity contribution in [1.29, 1.82) is 0 Å². The fourth-order valence-corrected chi connectivity index (χ4v) is 1.56. The highest BCUT2D eigenvalue weighted by molar-refractivity contribution is 5.85. The first-order chi connectivity index (χ1) is 8.28. The van der Waals surface area contributed by atoms with Gasteiger partial charge >= 0.3 is 0 Å². The molecule has 0 atom stereocenters. The van der Waals surface area contributed by atoms with E-state index < -0.39 is 0 Å². The minimum atomic E-state index is -0.0607. The zero-order valence-electron chi connectivity index (χ0n) is 9.59.